The van der Waals surface area contributed by atoms with E-state index in [2.05, 4.69) is 22.0 Å². The van der Waals surface area contributed by atoms with Crippen molar-refractivity contribution in [1.29, 1.82) is 5.26 Å². The van der Waals surface area contributed by atoms with Crippen LogP contribution in [-0.2, 0) is 0 Å². The highest BCUT2D eigenvalue weighted by Gasteiger charge is 2.11. The highest BCUT2D eigenvalue weighted by atomic mass is 79.9. The average Bonchev–Trinajstić information content (AvgIpc) is 2.61. The standard InChI is InChI=1S/C18H16BrNO4/c1-22-15-5-4-12(9-16(15)23-2)13(10-20)6-11-7-14(19)18(21)17(8-11)24-3/h4-9,21H,1-3H3/b13-6+. The van der Waals surface area contributed by atoms with E-state index in [4.69, 9.17) is 14.2 Å². The molecule has 0 radical (unpaired) electrons. The summed E-state index contributed by atoms with van der Waals surface area (Å²) in [5.74, 6) is 1.47. The van der Waals surface area contributed by atoms with Crippen molar-refractivity contribution in [2.24, 2.45) is 0 Å². The van der Waals surface area contributed by atoms with Gasteiger partial charge in [-0.3, -0.25) is 0 Å². The van der Waals surface area contributed by atoms with Crippen LogP contribution in [0, 0.1) is 11.3 Å². The fourth-order valence-corrected chi connectivity index (χ4v) is 2.64. The molecule has 6 heteroatoms. The quantitative estimate of drug-likeness (QED) is 0.611. The van der Waals surface area contributed by atoms with Crippen LogP contribution >= 0.6 is 15.9 Å². The summed E-state index contributed by atoms with van der Waals surface area (Å²) in [4.78, 5) is 0. The average molecular weight is 390 g/mol. The zero-order valence-electron chi connectivity index (χ0n) is 13.5. The van der Waals surface area contributed by atoms with Crippen molar-refractivity contribution >= 4 is 27.6 Å². The van der Waals surface area contributed by atoms with Crippen molar-refractivity contribution in [1.82, 2.24) is 0 Å². The minimum atomic E-state index is 0.0132. The van der Waals surface area contributed by atoms with Crippen LogP contribution in [0.15, 0.2) is 34.8 Å². The predicted octanol–water partition coefficient (Wildman–Crippen LogP) is 4.24. The smallest absolute Gasteiger partial charge is 0.172 e. The highest BCUT2D eigenvalue weighted by Crippen LogP contribution is 2.37. The Labute approximate surface area is 148 Å². The number of ether oxygens (including phenoxy) is 3. The fourth-order valence-electron chi connectivity index (χ4n) is 2.18. The van der Waals surface area contributed by atoms with Gasteiger partial charge in [0.15, 0.2) is 23.0 Å². The van der Waals surface area contributed by atoms with E-state index in [9.17, 15) is 10.4 Å². The number of hydrogen-bond acceptors (Lipinski definition) is 5. The van der Waals surface area contributed by atoms with Gasteiger partial charge in [0.2, 0.25) is 0 Å². The molecule has 0 spiro atoms. The van der Waals surface area contributed by atoms with Crippen molar-refractivity contribution in [3.05, 3.63) is 45.9 Å². The van der Waals surface area contributed by atoms with E-state index >= 15 is 0 Å². The Hall–Kier alpha value is -2.65. The van der Waals surface area contributed by atoms with Crippen LogP contribution in [0.4, 0.5) is 0 Å². The second-order valence-electron chi connectivity index (χ2n) is 4.79. The molecule has 2 rings (SSSR count). The Kier molecular flexibility index (Phi) is 5.72. The SMILES string of the molecule is COc1ccc(/C(C#N)=C/c2cc(Br)c(O)c(OC)c2)cc1OC. The molecule has 5 nitrogen and oxygen atoms in total. The number of allylic oxidation sites excluding steroid dienone is 1. The van der Waals surface area contributed by atoms with Crippen molar-refractivity contribution in [3.8, 4) is 29.1 Å². The van der Waals surface area contributed by atoms with E-state index in [-0.39, 0.29) is 5.75 Å². The minimum Gasteiger partial charge on any atom is -0.503 e. The van der Waals surface area contributed by atoms with Gasteiger partial charge >= 0.3 is 0 Å². The maximum absolute atomic E-state index is 9.87. The Morgan fingerprint density at radius 3 is 2.29 bits per heavy atom. The summed E-state index contributed by atoms with van der Waals surface area (Å²) in [6.45, 7) is 0. The first-order valence-electron chi connectivity index (χ1n) is 6.94. The second-order valence-corrected chi connectivity index (χ2v) is 5.65. The van der Waals surface area contributed by atoms with Crippen molar-refractivity contribution in [2.75, 3.05) is 21.3 Å². The summed E-state index contributed by atoms with van der Waals surface area (Å²) in [5.41, 5.74) is 1.84. The third-order valence-corrected chi connectivity index (χ3v) is 4.00. The van der Waals surface area contributed by atoms with Gasteiger partial charge in [0.25, 0.3) is 0 Å². The van der Waals surface area contributed by atoms with Gasteiger partial charge in [-0.25, -0.2) is 0 Å². The summed E-state index contributed by atoms with van der Waals surface area (Å²) in [6.07, 6.45) is 1.70. The molecule has 0 amide bonds. The van der Waals surface area contributed by atoms with Gasteiger partial charge in [0, 0.05) is 0 Å². The van der Waals surface area contributed by atoms with E-state index in [1.54, 1.807) is 50.6 Å². The molecule has 1 N–H and O–H groups in total. The molecule has 0 aliphatic rings. The molecule has 0 aliphatic carbocycles. The number of phenolic OH excluding ortho intramolecular Hbond substituents is 1. The van der Waals surface area contributed by atoms with Gasteiger partial charge in [-0.15, -0.1) is 0 Å². The summed E-state index contributed by atoms with van der Waals surface area (Å²) in [7, 11) is 4.56. The second kappa shape index (κ2) is 7.75. The molecule has 0 saturated carbocycles. The van der Waals surface area contributed by atoms with E-state index in [0.717, 1.165) is 0 Å². The van der Waals surface area contributed by atoms with Crippen LogP contribution in [0.3, 0.4) is 0 Å². The summed E-state index contributed by atoms with van der Waals surface area (Å²) in [6, 6.07) is 10.8. The van der Waals surface area contributed by atoms with Crippen molar-refractivity contribution in [2.45, 2.75) is 0 Å². The van der Waals surface area contributed by atoms with Crippen molar-refractivity contribution in [3.63, 3.8) is 0 Å². The Bertz CT molecular complexity index is 824. The zero-order chi connectivity index (χ0) is 17.7. The van der Waals surface area contributed by atoms with Gasteiger partial charge in [0.1, 0.15) is 0 Å². The van der Waals surface area contributed by atoms with E-state index in [0.29, 0.717) is 38.4 Å². The first-order valence-corrected chi connectivity index (χ1v) is 7.74. The van der Waals surface area contributed by atoms with Gasteiger partial charge in [-0.1, -0.05) is 0 Å². The molecule has 2 aromatic carbocycles. The normalized spacial score (nSPS) is 10.9. The lowest BCUT2D eigenvalue weighted by Crippen LogP contribution is -1.92. The molecule has 2 aromatic rings. The number of benzene rings is 2. The van der Waals surface area contributed by atoms with Crippen LogP contribution in [-0.4, -0.2) is 26.4 Å². The number of hydrogen-bond donors (Lipinski definition) is 1. The van der Waals surface area contributed by atoms with Gasteiger partial charge < -0.3 is 19.3 Å². The Balaban J connectivity index is 2.51. The molecule has 0 fully saturated rings. The zero-order valence-corrected chi connectivity index (χ0v) is 15.0. The third kappa shape index (κ3) is 3.63. The third-order valence-electron chi connectivity index (χ3n) is 3.40. The highest BCUT2D eigenvalue weighted by molar-refractivity contribution is 9.10. The Morgan fingerprint density at radius 2 is 1.71 bits per heavy atom. The number of methoxy groups -OCH3 is 3. The largest absolute Gasteiger partial charge is 0.503 e. The predicted molar refractivity (Wildman–Crippen MR) is 95.4 cm³/mol. The molecule has 24 heavy (non-hydrogen) atoms. The van der Waals surface area contributed by atoms with E-state index < -0.39 is 0 Å². The lowest BCUT2D eigenvalue weighted by atomic mass is 10.0. The number of phenols is 1. The van der Waals surface area contributed by atoms with E-state index in [1.807, 2.05) is 0 Å². The minimum absolute atomic E-state index is 0.0132. The fraction of sp³-hybridized carbons (Fsp3) is 0.167. The molecule has 0 aromatic heterocycles. The maximum atomic E-state index is 9.87. The molecule has 0 bridgehead atoms. The number of nitrogens with zero attached hydrogens (tertiary/aromatic N) is 1. The van der Waals surface area contributed by atoms with E-state index in [1.165, 1.54) is 7.11 Å². The molecule has 0 saturated heterocycles. The summed E-state index contributed by atoms with van der Waals surface area (Å²) < 4.78 is 16.1. The monoisotopic (exact) mass is 389 g/mol. The maximum Gasteiger partial charge on any atom is 0.172 e. The van der Waals surface area contributed by atoms with Gasteiger partial charge in [0.05, 0.1) is 37.4 Å². The van der Waals surface area contributed by atoms with Crippen molar-refractivity contribution < 1.29 is 19.3 Å². The van der Waals surface area contributed by atoms with Gasteiger partial charge in [-0.05, 0) is 63.5 Å². The lowest BCUT2D eigenvalue weighted by Gasteiger charge is -2.10. The summed E-state index contributed by atoms with van der Waals surface area (Å²) in [5, 5.41) is 19.4. The lowest BCUT2D eigenvalue weighted by molar-refractivity contribution is 0.355. The summed E-state index contributed by atoms with van der Waals surface area (Å²) >= 11 is 3.27. The first-order chi connectivity index (χ1) is 11.5. The topological polar surface area (TPSA) is 71.7 Å². The Morgan fingerprint density at radius 1 is 1.04 bits per heavy atom. The molecule has 0 aliphatic heterocycles. The number of rotatable bonds is 5. The number of nitriles is 1. The first kappa shape index (κ1) is 17.7. The number of aromatic hydroxyl groups is 1. The van der Waals surface area contributed by atoms with Gasteiger partial charge in [-0.2, -0.15) is 5.26 Å². The van der Waals surface area contributed by atoms with Crippen LogP contribution < -0.4 is 14.2 Å². The molecule has 124 valence electrons. The molecular formula is C18H16BrNO4. The van der Waals surface area contributed by atoms with Crippen LogP contribution in [0.5, 0.6) is 23.0 Å². The molecular weight excluding hydrogens is 374 g/mol. The van der Waals surface area contributed by atoms with Crippen LogP contribution in [0.1, 0.15) is 11.1 Å². The van der Waals surface area contributed by atoms with Crippen LogP contribution in [0.2, 0.25) is 0 Å². The molecule has 0 atom stereocenters. The molecule has 0 heterocycles. The molecule has 0 unspecified atom stereocenters. The van der Waals surface area contributed by atoms with Crippen LogP contribution in [0.25, 0.3) is 11.6 Å². The number of halogens is 1.